The average Bonchev–Trinajstić information content (AvgIpc) is 3.03. The number of nitrogens with one attached hydrogen (secondary N) is 1. The number of likely N-dealkylation sites (tertiary alicyclic amines) is 1. The first-order valence-electron chi connectivity index (χ1n) is 8.87. The van der Waals surface area contributed by atoms with Crippen molar-refractivity contribution in [3.05, 3.63) is 0 Å². The predicted octanol–water partition coefficient (Wildman–Crippen LogP) is 0.680. The minimum Gasteiger partial charge on any atom is -0.341 e. The Kier molecular flexibility index (Phi) is 4.99. The Morgan fingerprint density at radius 2 is 1.83 bits per heavy atom. The average molecular weight is 343 g/mol. The molecule has 2 aliphatic carbocycles. The maximum atomic E-state index is 12.4. The van der Waals surface area contributed by atoms with Gasteiger partial charge in [-0.05, 0) is 56.3 Å². The Labute approximate surface area is 139 Å². The van der Waals surface area contributed by atoms with Crippen LogP contribution >= 0.6 is 0 Å². The second kappa shape index (κ2) is 6.69. The monoisotopic (exact) mass is 343 g/mol. The highest BCUT2D eigenvalue weighted by Gasteiger charge is 2.43. The van der Waals surface area contributed by atoms with Gasteiger partial charge in [0.2, 0.25) is 15.9 Å². The molecule has 23 heavy (non-hydrogen) atoms. The minimum absolute atomic E-state index is 0.00428. The molecule has 3 unspecified atom stereocenters. The third-order valence-electron chi connectivity index (χ3n) is 5.94. The van der Waals surface area contributed by atoms with E-state index >= 15 is 0 Å². The Balaban J connectivity index is 1.51. The lowest BCUT2D eigenvalue weighted by Crippen LogP contribution is -2.43. The fraction of sp³-hybridized carbons (Fsp3) is 0.938. The van der Waals surface area contributed by atoms with Crippen molar-refractivity contribution in [3.63, 3.8) is 0 Å². The molecule has 3 N–H and O–H groups in total. The molecule has 1 saturated heterocycles. The fourth-order valence-corrected chi connectivity index (χ4v) is 5.77. The van der Waals surface area contributed by atoms with E-state index in [1.807, 2.05) is 0 Å². The number of sulfonamides is 1. The van der Waals surface area contributed by atoms with Crippen LogP contribution in [0.1, 0.15) is 45.4 Å². The third-order valence-corrected chi connectivity index (χ3v) is 7.26. The van der Waals surface area contributed by atoms with Gasteiger partial charge in [0, 0.05) is 25.2 Å². The van der Waals surface area contributed by atoms with E-state index in [-0.39, 0.29) is 18.0 Å². The lowest BCUT2D eigenvalue weighted by molar-refractivity contribution is -0.127. The van der Waals surface area contributed by atoms with Gasteiger partial charge in [-0.2, -0.15) is 0 Å². The molecule has 0 aromatic rings. The summed E-state index contributed by atoms with van der Waals surface area (Å²) in [6.45, 7) is 3.50. The number of amides is 1. The zero-order valence-electron chi connectivity index (χ0n) is 13.9. The predicted molar refractivity (Wildman–Crippen MR) is 89.1 cm³/mol. The largest absolute Gasteiger partial charge is 0.341 e. The molecule has 0 bridgehead atoms. The van der Waals surface area contributed by atoms with E-state index in [4.69, 9.17) is 5.73 Å². The molecule has 3 rings (SSSR count). The van der Waals surface area contributed by atoms with Crippen LogP contribution in [0.5, 0.6) is 0 Å². The van der Waals surface area contributed by atoms with Gasteiger partial charge in [0.25, 0.3) is 0 Å². The maximum Gasteiger partial charge on any atom is 0.239 e. The normalized spacial score (nSPS) is 37.8. The van der Waals surface area contributed by atoms with E-state index in [0.29, 0.717) is 30.8 Å². The van der Waals surface area contributed by atoms with E-state index in [1.165, 1.54) is 0 Å². The molecule has 1 amide bonds. The number of carbonyl (C=O) groups is 1. The summed E-state index contributed by atoms with van der Waals surface area (Å²) < 4.78 is 27.3. The van der Waals surface area contributed by atoms with Crippen molar-refractivity contribution in [1.82, 2.24) is 9.62 Å². The number of nitrogens with zero attached hydrogens (tertiary/aromatic N) is 1. The fourth-order valence-electron chi connectivity index (χ4n) is 4.44. The second-order valence-electron chi connectivity index (χ2n) is 7.80. The molecule has 3 atom stereocenters. The van der Waals surface area contributed by atoms with Crippen LogP contribution in [-0.2, 0) is 14.8 Å². The van der Waals surface area contributed by atoms with Gasteiger partial charge >= 0.3 is 0 Å². The van der Waals surface area contributed by atoms with E-state index in [2.05, 4.69) is 11.6 Å². The first-order chi connectivity index (χ1) is 10.8. The van der Waals surface area contributed by atoms with Gasteiger partial charge in [-0.3, -0.25) is 4.79 Å². The summed E-state index contributed by atoms with van der Waals surface area (Å²) in [6.07, 6.45) is 5.93. The maximum absolute atomic E-state index is 12.4. The van der Waals surface area contributed by atoms with Crippen molar-refractivity contribution < 1.29 is 13.2 Å². The zero-order chi connectivity index (χ0) is 16.6. The standard InChI is InChI=1S/C16H29N3O3S/c1-11-2-5-13(6-3-11)18-23(21,22)10-16(20)19-8-12-4-7-15(17)14(12)9-19/h11-15,18H,2-10,17H2,1H3. The Bertz CT molecular complexity index is 543. The number of hydrogen-bond acceptors (Lipinski definition) is 4. The summed E-state index contributed by atoms with van der Waals surface area (Å²) in [7, 11) is -3.54. The molecule has 1 heterocycles. The van der Waals surface area contributed by atoms with Gasteiger partial charge in [-0.25, -0.2) is 13.1 Å². The van der Waals surface area contributed by atoms with Crippen LogP contribution in [0.3, 0.4) is 0 Å². The molecule has 0 radical (unpaired) electrons. The molecule has 0 aromatic heterocycles. The van der Waals surface area contributed by atoms with Crippen molar-refractivity contribution in [1.29, 1.82) is 0 Å². The first-order valence-corrected chi connectivity index (χ1v) is 10.5. The van der Waals surface area contributed by atoms with Crippen LogP contribution < -0.4 is 10.5 Å². The number of hydrogen-bond donors (Lipinski definition) is 2. The van der Waals surface area contributed by atoms with Crippen LogP contribution in [0.15, 0.2) is 0 Å². The Morgan fingerprint density at radius 1 is 1.13 bits per heavy atom. The summed E-state index contributed by atoms with van der Waals surface area (Å²) in [5.41, 5.74) is 6.08. The van der Waals surface area contributed by atoms with E-state index in [1.54, 1.807) is 4.90 Å². The van der Waals surface area contributed by atoms with Crippen molar-refractivity contribution >= 4 is 15.9 Å². The molecule has 0 aromatic carbocycles. The van der Waals surface area contributed by atoms with Crippen molar-refractivity contribution in [2.75, 3.05) is 18.8 Å². The molecule has 3 aliphatic rings. The van der Waals surface area contributed by atoms with Crippen molar-refractivity contribution in [3.8, 4) is 0 Å². The lowest BCUT2D eigenvalue weighted by atomic mass is 9.88. The Hall–Kier alpha value is -0.660. The first kappa shape index (κ1) is 17.2. The van der Waals surface area contributed by atoms with Crippen molar-refractivity contribution in [2.45, 2.75) is 57.5 Å². The van der Waals surface area contributed by atoms with Gasteiger partial charge in [-0.1, -0.05) is 6.92 Å². The highest BCUT2D eigenvalue weighted by Crippen LogP contribution is 2.37. The van der Waals surface area contributed by atoms with Crippen LogP contribution in [0.2, 0.25) is 0 Å². The smallest absolute Gasteiger partial charge is 0.239 e. The number of nitrogens with two attached hydrogens (primary N) is 1. The molecule has 1 aliphatic heterocycles. The second-order valence-corrected chi connectivity index (χ2v) is 9.55. The lowest BCUT2D eigenvalue weighted by Gasteiger charge is -2.27. The van der Waals surface area contributed by atoms with Gasteiger partial charge in [0.15, 0.2) is 0 Å². The summed E-state index contributed by atoms with van der Waals surface area (Å²) in [5, 5.41) is 0. The van der Waals surface area contributed by atoms with Crippen LogP contribution in [0, 0.1) is 17.8 Å². The SMILES string of the molecule is CC1CCC(NS(=O)(=O)CC(=O)N2CC3CCC(N)C3C2)CC1. The van der Waals surface area contributed by atoms with Crippen LogP contribution in [-0.4, -0.2) is 50.2 Å². The summed E-state index contributed by atoms with van der Waals surface area (Å²) in [5.74, 6) is 0.793. The molecule has 6 nitrogen and oxygen atoms in total. The third kappa shape index (κ3) is 4.06. The van der Waals surface area contributed by atoms with Gasteiger partial charge in [0.1, 0.15) is 5.75 Å². The molecule has 132 valence electrons. The quantitative estimate of drug-likeness (QED) is 0.785. The van der Waals surface area contributed by atoms with Crippen molar-refractivity contribution in [2.24, 2.45) is 23.5 Å². The summed E-state index contributed by atoms with van der Waals surface area (Å²) in [6, 6.07) is 0.159. The molecular formula is C16H29N3O3S. The minimum atomic E-state index is -3.54. The topological polar surface area (TPSA) is 92.5 Å². The molecule has 0 spiro atoms. The van der Waals surface area contributed by atoms with Crippen LogP contribution in [0.4, 0.5) is 0 Å². The number of carbonyl (C=O) groups excluding carboxylic acids is 1. The number of rotatable bonds is 4. The van der Waals surface area contributed by atoms with E-state index < -0.39 is 15.8 Å². The van der Waals surface area contributed by atoms with Gasteiger partial charge < -0.3 is 10.6 Å². The van der Waals surface area contributed by atoms with Gasteiger partial charge in [-0.15, -0.1) is 0 Å². The highest BCUT2D eigenvalue weighted by atomic mass is 32.2. The summed E-state index contributed by atoms with van der Waals surface area (Å²) >= 11 is 0. The van der Waals surface area contributed by atoms with E-state index in [9.17, 15) is 13.2 Å². The van der Waals surface area contributed by atoms with E-state index in [0.717, 1.165) is 38.5 Å². The summed E-state index contributed by atoms with van der Waals surface area (Å²) in [4.78, 5) is 14.1. The van der Waals surface area contributed by atoms with Gasteiger partial charge in [0.05, 0.1) is 0 Å². The molecule has 7 heteroatoms. The van der Waals surface area contributed by atoms with Crippen LogP contribution in [0.25, 0.3) is 0 Å². The Morgan fingerprint density at radius 3 is 2.48 bits per heavy atom. The molecule has 3 fully saturated rings. The highest BCUT2D eigenvalue weighted by molar-refractivity contribution is 7.90. The number of fused-ring (bicyclic) bond motifs is 1. The zero-order valence-corrected chi connectivity index (χ0v) is 14.7. The molecule has 2 saturated carbocycles. The molecular weight excluding hydrogens is 314 g/mol.